The maximum Gasteiger partial charge on any atom is 0 e. The second kappa shape index (κ2) is 5.35. The zero-order valence-corrected chi connectivity index (χ0v) is 13.5. The van der Waals surface area contributed by atoms with Crippen molar-refractivity contribution in [3.05, 3.63) is 47.5 Å². The molecular weight excluding hydrogens is 223 g/mol. The Morgan fingerprint density at radius 1 is 0.684 bits per heavy atom. The fraction of sp³-hybridized carbons (Fsp3) is 0.444. The first-order chi connectivity index (χ1) is 8.21. The van der Waals surface area contributed by atoms with Crippen molar-refractivity contribution in [2.24, 2.45) is 0 Å². The second-order valence-electron chi connectivity index (χ2n) is 7.21. The van der Waals surface area contributed by atoms with Crippen LogP contribution in [-0.2, 0) is 10.8 Å². The standard InChI is InChI=1S/C18H24.Li/c1-17(2,3)15-12-11-13-9-7-8-10-14(13)16(15)18(4,5)6;/h7-12H,1-6H3;. The van der Waals surface area contributed by atoms with Crippen molar-refractivity contribution in [1.29, 1.82) is 0 Å². The van der Waals surface area contributed by atoms with Crippen LogP contribution in [-0.4, -0.2) is 18.9 Å². The number of benzene rings is 2. The summed E-state index contributed by atoms with van der Waals surface area (Å²) in [6.45, 7) is 13.8. The minimum atomic E-state index is 0. The van der Waals surface area contributed by atoms with E-state index >= 15 is 0 Å². The Labute approximate surface area is 129 Å². The Kier molecular flexibility index (Phi) is 4.61. The van der Waals surface area contributed by atoms with Crippen LogP contribution < -0.4 is 0 Å². The zero-order valence-electron chi connectivity index (χ0n) is 13.5. The van der Waals surface area contributed by atoms with Crippen molar-refractivity contribution in [1.82, 2.24) is 0 Å². The molecular formula is C18H24Li. The number of rotatable bonds is 0. The summed E-state index contributed by atoms with van der Waals surface area (Å²) >= 11 is 0. The van der Waals surface area contributed by atoms with Gasteiger partial charge in [-0.15, -0.1) is 0 Å². The monoisotopic (exact) mass is 247 g/mol. The van der Waals surface area contributed by atoms with Crippen LogP contribution in [0.1, 0.15) is 52.7 Å². The van der Waals surface area contributed by atoms with Crippen molar-refractivity contribution in [3.63, 3.8) is 0 Å². The summed E-state index contributed by atoms with van der Waals surface area (Å²) in [7, 11) is 0. The van der Waals surface area contributed by atoms with E-state index in [1.54, 1.807) is 0 Å². The molecule has 97 valence electrons. The third-order valence-electron chi connectivity index (χ3n) is 3.49. The van der Waals surface area contributed by atoms with Crippen LogP contribution in [0.15, 0.2) is 36.4 Å². The van der Waals surface area contributed by atoms with Gasteiger partial charge >= 0.3 is 0 Å². The van der Waals surface area contributed by atoms with Crippen LogP contribution in [0.5, 0.6) is 0 Å². The molecule has 0 heterocycles. The molecule has 0 aliphatic carbocycles. The first-order valence-electron chi connectivity index (χ1n) is 6.74. The van der Waals surface area contributed by atoms with Gasteiger partial charge in [0.15, 0.2) is 0 Å². The molecule has 0 amide bonds. The van der Waals surface area contributed by atoms with Gasteiger partial charge in [0.05, 0.1) is 0 Å². The molecule has 1 heteroatoms. The smallest absolute Gasteiger partial charge is 0 e. The minimum Gasteiger partial charge on any atom is -0.0616 e. The van der Waals surface area contributed by atoms with Crippen LogP contribution >= 0.6 is 0 Å². The van der Waals surface area contributed by atoms with Crippen molar-refractivity contribution >= 4 is 29.6 Å². The summed E-state index contributed by atoms with van der Waals surface area (Å²) in [5, 5.41) is 2.74. The van der Waals surface area contributed by atoms with Crippen molar-refractivity contribution in [3.8, 4) is 0 Å². The number of fused-ring (bicyclic) bond motifs is 1. The molecule has 2 aromatic carbocycles. The molecule has 0 N–H and O–H groups in total. The number of hydrogen-bond acceptors (Lipinski definition) is 0. The molecule has 0 fully saturated rings. The average molecular weight is 247 g/mol. The summed E-state index contributed by atoms with van der Waals surface area (Å²) in [6, 6.07) is 13.3. The van der Waals surface area contributed by atoms with Crippen LogP contribution in [0.4, 0.5) is 0 Å². The Hall–Kier alpha value is -0.703. The SMILES string of the molecule is CC(C)(C)c1ccc2ccccc2c1C(C)(C)C.[Li]. The number of hydrogen-bond donors (Lipinski definition) is 0. The van der Waals surface area contributed by atoms with E-state index in [9.17, 15) is 0 Å². The molecule has 0 bridgehead atoms. The van der Waals surface area contributed by atoms with E-state index in [1.165, 1.54) is 21.9 Å². The fourth-order valence-electron chi connectivity index (χ4n) is 2.70. The summed E-state index contributed by atoms with van der Waals surface area (Å²) in [5.41, 5.74) is 3.32. The van der Waals surface area contributed by atoms with Gasteiger partial charge in [0.2, 0.25) is 0 Å². The maximum absolute atomic E-state index is 2.31. The van der Waals surface area contributed by atoms with Gasteiger partial charge in [0.1, 0.15) is 0 Å². The van der Waals surface area contributed by atoms with Gasteiger partial charge < -0.3 is 0 Å². The molecule has 0 aromatic heterocycles. The maximum atomic E-state index is 2.31. The summed E-state index contributed by atoms with van der Waals surface area (Å²) in [4.78, 5) is 0. The predicted molar refractivity (Wildman–Crippen MR) is 87.1 cm³/mol. The van der Waals surface area contributed by atoms with Gasteiger partial charge in [-0.2, -0.15) is 0 Å². The second-order valence-corrected chi connectivity index (χ2v) is 7.21. The Morgan fingerprint density at radius 2 is 1.26 bits per heavy atom. The topological polar surface area (TPSA) is 0 Å². The van der Waals surface area contributed by atoms with E-state index in [0.29, 0.717) is 0 Å². The normalized spacial score (nSPS) is 12.3. The van der Waals surface area contributed by atoms with E-state index in [2.05, 4.69) is 77.9 Å². The summed E-state index contributed by atoms with van der Waals surface area (Å²) < 4.78 is 0. The van der Waals surface area contributed by atoms with Gasteiger partial charge in [-0.3, -0.25) is 0 Å². The quantitative estimate of drug-likeness (QED) is 0.571. The van der Waals surface area contributed by atoms with E-state index in [4.69, 9.17) is 0 Å². The van der Waals surface area contributed by atoms with Crippen molar-refractivity contribution in [2.45, 2.75) is 52.4 Å². The van der Waals surface area contributed by atoms with Gasteiger partial charge in [-0.25, -0.2) is 0 Å². The van der Waals surface area contributed by atoms with E-state index < -0.39 is 0 Å². The first-order valence-corrected chi connectivity index (χ1v) is 6.74. The predicted octanol–water partition coefficient (Wildman–Crippen LogP) is 5.05. The molecule has 2 aromatic rings. The fourth-order valence-corrected chi connectivity index (χ4v) is 2.70. The average Bonchev–Trinajstić information content (AvgIpc) is 2.24. The van der Waals surface area contributed by atoms with Gasteiger partial charge in [0.25, 0.3) is 0 Å². The molecule has 0 atom stereocenters. The van der Waals surface area contributed by atoms with E-state index in [1.807, 2.05) is 0 Å². The van der Waals surface area contributed by atoms with Crippen LogP contribution in [0.25, 0.3) is 10.8 Å². The minimum absolute atomic E-state index is 0. The molecule has 0 saturated carbocycles. The first kappa shape index (κ1) is 16.4. The van der Waals surface area contributed by atoms with E-state index in [0.717, 1.165) is 0 Å². The molecule has 0 spiro atoms. The van der Waals surface area contributed by atoms with Crippen molar-refractivity contribution in [2.75, 3.05) is 0 Å². The summed E-state index contributed by atoms with van der Waals surface area (Å²) in [6.07, 6.45) is 0. The Morgan fingerprint density at radius 3 is 1.79 bits per heavy atom. The van der Waals surface area contributed by atoms with Gasteiger partial charge in [0, 0.05) is 18.9 Å². The Balaban J connectivity index is 0.00000180. The molecule has 0 saturated heterocycles. The Bertz CT molecular complexity index is 568. The van der Waals surface area contributed by atoms with Crippen LogP contribution in [0.2, 0.25) is 0 Å². The van der Waals surface area contributed by atoms with Gasteiger partial charge in [-0.1, -0.05) is 77.9 Å². The van der Waals surface area contributed by atoms with Crippen molar-refractivity contribution < 1.29 is 0 Å². The van der Waals surface area contributed by atoms with Gasteiger partial charge in [-0.05, 0) is 32.7 Å². The van der Waals surface area contributed by atoms with Crippen LogP contribution in [0, 0.1) is 0 Å². The third kappa shape index (κ3) is 3.25. The van der Waals surface area contributed by atoms with E-state index in [-0.39, 0.29) is 29.7 Å². The molecule has 19 heavy (non-hydrogen) atoms. The largest absolute Gasteiger partial charge is 0.0616 e. The van der Waals surface area contributed by atoms with Crippen LogP contribution in [0.3, 0.4) is 0 Å². The molecule has 0 aliphatic heterocycles. The third-order valence-corrected chi connectivity index (χ3v) is 3.49. The molecule has 0 aliphatic rings. The summed E-state index contributed by atoms with van der Waals surface area (Å²) in [5.74, 6) is 0. The molecule has 0 nitrogen and oxygen atoms in total. The molecule has 1 radical (unpaired) electrons. The zero-order chi connectivity index (χ0) is 13.6. The molecule has 0 unspecified atom stereocenters. The molecule has 2 rings (SSSR count).